The largest absolute Gasteiger partial charge is 0.444 e. The molecule has 4 heteroatoms. The van der Waals surface area contributed by atoms with E-state index in [1.54, 1.807) is 4.90 Å². The van der Waals surface area contributed by atoms with Crippen LogP contribution in [0.1, 0.15) is 40.0 Å². The lowest BCUT2D eigenvalue weighted by atomic mass is 10.0. The van der Waals surface area contributed by atoms with Gasteiger partial charge in [0.15, 0.2) is 0 Å². The van der Waals surface area contributed by atoms with Crippen molar-refractivity contribution in [1.29, 1.82) is 0 Å². The molecule has 0 aromatic rings. The minimum Gasteiger partial charge on any atom is -0.444 e. The van der Waals surface area contributed by atoms with Gasteiger partial charge < -0.3 is 9.53 Å². The summed E-state index contributed by atoms with van der Waals surface area (Å²) in [6.45, 7) is 6.20. The molecule has 0 aromatic heterocycles. The predicted molar refractivity (Wildman–Crippen MR) is 59.1 cm³/mol. The van der Waals surface area contributed by atoms with Gasteiger partial charge in [-0.05, 0) is 45.4 Å². The van der Waals surface area contributed by atoms with E-state index in [1.165, 1.54) is 0 Å². The van der Waals surface area contributed by atoms with Gasteiger partial charge in [0.05, 0.1) is 6.04 Å². The highest BCUT2D eigenvalue weighted by molar-refractivity contribution is 5.75. The van der Waals surface area contributed by atoms with Crippen molar-refractivity contribution in [3.8, 4) is 0 Å². The summed E-state index contributed by atoms with van der Waals surface area (Å²) in [6.07, 6.45) is 3.60. The molecule has 0 aromatic carbocycles. The van der Waals surface area contributed by atoms with Gasteiger partial charge in [0.1, 0.15) is 11.9 Å². The fourth-order valence-corrected chi connectivity index (χ4v) is 2.28. The van der Waals surface area contributed by atoms with E-state index >= 15 is 0 Å². The average Bonchev–Trinajstić information content (AvgIpc) is 2.75. The number of rotatable bonds is 1. The van der Waals surface area contributed by atoms with Crippen LogP contribution in [-0.4, -0.2) is 35.5 Å². The smallest absolute Gasteiger partial charge is 0.410 e. The average molecular weight is 225 g/mol. The molecule has 0 radical (unpaired) electrons. The highest BCUT2D eigenvalue weighted by Crippen LogP contribution is 2.54. The summed E-state index contributed by atoms with van der Waals surface area (Å²) in [5.74, 6) is 0. The summed E-state index contributed by atoms with van der Waals surface area (Å²) in [6, 6.07) is -0.280. The Labute approximate surface area is 95.9 Å². The number of ether oxygens (including phenoxy) is 1. The number of carbonyl (C=O) groups excluding carboxylic acids is 2. The van der Waals surface area contributed by atoms with E-state index in [2.05, 4.69) is 0 Å². The van der Waals surface area contributed by atoms with Crippen LogP contribution in [0.15, 0.2) is 0 Å². The fourth-order valence-electron chi connectivity index (χ4n) is 2.28. The molecule has 90 valence electrons. The Morgan fingerprint density at radius 2 is 2.06 bits per heavy atom. The van der Waals surface area contributed by atoms with E-state index in [1.807, 2.05) is 20.8 Å². The summed E-state index contributed by atoms with van der Waals surface area (Å²) in [7, 11) is 0. The molecule has 1 aliphatic carbocycles. The van der Waals surface area contributed by atoms with Gasteiger partial charge in [-0.25, -0.2) is 4.79 Å². The van der Waals surface area contributed by atoms with Crippen LogP contribution in [0.3, 0.4) is 0 Å². The van der Waals surface area contributed by atoms with Crippen molar-refractivity contribution in [2.24, 2.45) is 5.41 Å². The highest BCUT2D eigenvalue weighted by Gasteiger charge is 2.53. The Kier molecular flexibility index (Phi) is 2.48. The number of likely N-dealkylation sites (tertiary alicyclic amines) is 1. The highest BCUT2D eigenvalue weighted by atomic mass is 16.6. The first kappa shape index (κ1) is 11.4. The molecular formula is C12H19NO3. The monoisotopic (exact) mass is 225 g/mol. The Balaban J connectivity index is 2.02. The molecule has 1 atom stereocenters. The third-order valence-corrected chi connectivity index (χ3v) is 3.29. The van der Waals surface area contributed by atoms with Crippen LogP contribution in [0.2, 0.25) is 0 Å². The zero-order valence-corrected chi connectivity index (χ0v) is 10.2. The normalized spacial score (nSPS) is 26.9. The van der Waals surface area contributed by atoms with Crippen LogP contribution in [0.25, 0.3) is 0 Å². The second-order valence-corrected chi connectivity index (χ2v) is 6.02. The molecule has 2 rings (SSSR count). The molecule has 2 aliphatic rings. The third-order valence-electron chi connectivity index (χ3n) is 3.29. The molecule has 1 heterocycles. The molecule has 1 amide bonds. The van der Waals surface area contributed by atoms with E-state index in [0.717, 1.165) is 25.5 Å². The molecule has 0 bridgehead atoms. The molecule has 0 unspecified atom stereocenters. The van der Waals surface area contributed by atoms with Crippen LogP contribution in [0.5, 0.6) is 0 Å². The SMILES string of the molecule is CC(C)(C)OC(=O)N1CC2(CC2)C[C@@H]1C=O. The first-order valence-corrected chi connectivity index (χ1v) is 5.80. The van der Waals surface area contributed by atoms with E-state index in [9.17, 15) is 9.59 Å². The van der Waals surface area contributed by atoms with Crippen LogP contribution in [-0.2, 0) is 9.53 Å². The fraction of sp³-hybridized carbons (Fsp3) is 0.833. The Hall–Kier alpha value is -1.06. The maximum Gasteiger partial charge on any atom is 0.410 e. The Morgan fingerprint density at radius 3 is 2.50 bits per heavy atom. The standard InChI is InChI=1S/C12H19NO3/c1-11(2,3)16-10(15)13-8-12(4-5-12)6-9(13)7-14/h7,9H,4-6,8H2,1-3H3/t9-/m1/s1. The van der Waals surface area contributed by atoms with Crippen LogP contribution >= 0.6 is 0 Å². The number of carbonyl (C=O) groups is 2. The summed E-state index contributed by atoms with van der Waals surface area (Å²) in [4.78, 5) is 24.4. The molecule has 1 saturated carbocycles. The van der Waals surface area contributed by atoms with E-state index in [0.29, 0.717) is 6.54 Å². The van der Waals surface area contributed by atoms with Crippen LogP contribution < -0.4 is 0 Å². The van der Waals surface area contributed by atoms with Crippen molar-refractivity contribution in [3.05, 3.63) is 0 Å². The van der Waals surface area contributed by atoms with Crippen LogP contribution in [0.4, 0.5) is 4.79 Å². The minimum atomic E-state index is -0.496. The van der Waals surface area contributed by atoms with Gasteiger partial charge in [-0.2, -0.15) is 0 Å². The van der Waals surface area contributed by atoms with Gasteiger partial charge in [0, 0.05) is 6.54 Å². The first-order valence-electron chi connectivity index (χ1n) is 5.80. The molecule has 4 nitrogen and oxygen atoms in total. The molecule has 1 spiro atoms. The van der Waals surface area contributed by atoms with Crippen molar-refractivity contribution in [3.63, 3.8) is 0 Å². The molecule has 1 saturated heterocycles. The minimum absolute atomic E-state index is 0.239. The number of hydrogen-bond donors (Lipinski definition) is 0. The van der Waals surface area contributed by atoms with Gasteiger partial charge in [0.25, 0.3) is 0 Å². The number of amides is 1. The molecule has 16 heavy (non-hydrogen) atoms. The van der Waals surface area contributed by atoms with Crippen molar-refractivity contribution in [2.75, 3.05) is 6.54 Å². The van der Waals surface area contributed by atoms with Gasteiger partial charge in [-0.15, -0.1) is 0 Å². The van der Waals surface area contributed by atoms with Crippen molar-refractivity contribution in [2.45, 2.75) is 51.7 Å². The van der Waals surface area contributed by atoms with Gasteiger partial charge >= 0.3 is 6.09 Å². The lowest BCUT2D eigenvalue weighted by molar-refractivity contribution is -0.111. The first-order chi connectivity index (χ1) is 7.35. The van der Waals surface area contributed by atoms with Crippen LogP contribution in [0, 0.1) is 5.41 Å². The predicted octanol–water partition coefficient (Wildman–Crippen LogP) is 1.97. The van der Waals surface area contributed by atoms with E-state index < -0.39 is 5.60 Å². The molecular weight excluding hydrogens is 206 g/mol. The molecule has 0 N–H and O–H groups in total. The zero-order valence-electron chi connectivity index (χ0n) is 10.2. The summed E-state index contributed by atoms with van der Waals surface area (Å²) >= 11 is 0. The van der Waals surface area contributed by atoms with E-state index in [4.69, 9.17) is 4.74 Å². The van der Waals surface area contributed by atoms with Gasteiger partial charge in [-0.1, -0.05) is 0 Å². The second kappa shape index (κ2) is 3.47. The van der Waals surface area contributed by atoms with Crippen molar-refractivity contribution < 1.29 is 14.3 Å². The quantitative estimate of drug-likeness (QED) is 0.641. The summed E-state index contributed by atoms with van der Waals surface area (Å²) in [5, 5.41) is 0. The maximum absolute atomic E-state index is 11.9. The second-order valence-electron chi connectivity index (χ2n) is 6.02. The maximum atomic E-state index is 11.9. The van der Waals surface area contributed by atoms with Crippen molar-refractivity contribution >= 4 is 12.4 Å². The third kappa shape index (κ3) is 2.20. The van der Waals surface area contributed by atoms with Gasteiger partial charge in [-0.3, -0.25) is 4.90 Å². The summed E-state index contributed by atoms with van der Waals surface area (Å²) in [5.41, 5.74) is -0.258. The lowest BCUT2D eigenvalue weighted by Crippen LogP contribution is -2.40. The van der Waals surface area contributed by atoms with Crippen molar-refractivity contribution in [1.82, 2.24) is 4.90 Å². The number of aldehydes is 1. The topological polar surface area (TPSA) is 46.6 Å². The van der Waals surface area contributed by atoms with E-state index in [-0.39, 0.29) is 17.6 Å². The molecule has 2 fully saturated rings. The lowest BCUT2D eigenvalue weighted by Gasteiger charge is -2.26. The molecule has 1 aliphatic heterocycles. The Bertz CT molecular complexity index is 315. The van der Waals surface area contributed by atoms with Gasteiger partial charge in [0.2, 0.25) is 0 Å². The zero-order chi connectivity index (χ0) is 12.0. The summed E-state index contributed by atoms with van der Waals surface area (Å²) < 4.78 is 5.30. The number of hydrogen-bond acceptors (Lipinski definition) is 3. The number of nitrogens with zero attached hydrogens (tertiary/aromatic N) is 1. The Morgan fingerprint density at radius 1 is 1.44 bits per heavy atom.